The van der Waals surface area contributed by atoms with E-state index in [1.165, 1.54) is 15.2 Å². The van der Waals surface area contributed by atoms with Gasteiger partial charge in [-0.05, 0) is 47.9 Å². The third kappa shape index (κ3) is 4.45. The number of halogens is 2. The first kappa shape index (κ1) is 24.9. The number of carbonyl (C=O) groups is 1. The summed E-state index contributed by atoms with van der Waals surface area (Å²) < 4.78 is 4.41. The maximum atomic E-state index is 13.7. The number of nitrogens with zero attached hydrogens (tertiary/aromatic N) is 5. The summed E-state index contributed by atoms with van der Waals surface area (Å²) in [5, 5.41) is 3.61. The van der Waals surface area contributed by atoms with E-state index in [0.717, 1.165) is 5.69 Å². The zero-order valence-electron chi connectivity index (χ0n) is 20.2. The Labute approximate surface area is 222 Å². The van der Waals surface area contributed by atoms with E-state index in [1.54, 1.807) is 31.3 Å². The first-order valence-corrected chi connectivity index (χ1v) is 12.4. The highest BCUT2D eigenvalue weighted by Gasteiger charge is 2.30. The van der Waals surface area contributed by atoms with Gasteiger partial charge < -0.3 is 14.8 Å². The van der Waals surface area contributed by atoms with Crippen molar-refractivity contribution in [3.05, 3.63) is 91.6 Å². The molecule has 9 nitrogen and oxygen atoms in total. The maximum Gasteiger partial charge on any atom is 0.332 e. The SMILES string of the molecule is C=CC(=O)Nc1cccc(N2CC(C)Cn3c2nc2c3c(=O)n(Cc3ccc(Cl)cc3Cl)c(=O)n2C)c1. The summed E-state index contributed by atoms with van der Waals surface area (Å²) in [5.41, 5.74) is 1.72. The van der Waals surface area contributed by atoms with Crippen molar-refractivity contribution in [1.82, 2.24) is 18.7 Å². The lowest BCUT2D eigenvalue weighted by Crippen LogP contribution is -2.40. The van der Waals surface area contributed by atoms with Crippen molar-refractivity contribution < 1.29 is 4.79 Å². The molecule has 2 aromatic carbocycles. The minimum absolute atomic E-state index is 0.00226. The lowest BCUT2D eigenvalue weighted by molar-refractivity contribution is -0.111. The predicted molar refractivity (Wildman–Crippen MR) is 146 cm³/mol. The van der Waals surface area contributed by atoms with Crippen molar-refractivity contribution in [3.8, 4) is 0 Å². The van der Waals surface area contributed by atoms with Crippen molar-refractivity contribution in [2.75, 3.05) is 16.8 Å². The molecule has 2 aromatic heterocycles. The van der Waals surface area contributed by atoms with Gasteiger partial charge in [0.05, 0.1) is 6.54 Å². The van der Waals surface area contributed by atoms with Gasteiger partial charge in [0.1, 0.15) is 0 Å². The lowest BCUT2D eigenvalue weighted by atomic mass is 10.1. The monoisotopic (exact) mass is 538 g/mol. The molecule has 1 amide bonds. The lowest BCUT2D eigenvalue weighted by Gasteiger charge is -2.33. The number of benzene rings is 2. The average Bonchev–Trinajstić information content (AvgIpc) is 3.25. The van der Waals surface area contributed by atoms with Crippen LogP contribution in [0.3, 0.4) is 0 Å². The summed E-state index contributed by atoms with van der Waals surface area (Å²) in [7, 11) is 1.60. The van der Waals surface area contributed by atoms with Crippen LogP contribution in [-0.4, -0.2) is 31.1 Å². The quantitative estimate of drug-likeness (QED) is 0.385. The van der Waals surface area contributed by atoms with Gasteiger partial charge in [-0.1, -0.05) is 48.8 Å². The first-order chi connectivity index (χ1) is 17.7. The molecule has 0 bridgehead atoms. The highest BCUT2D eigenvalue weighted by atomic mass is 35.5. The molecule has 1 N–H and O–H groups in total. The largest absolute Gasteiger partial charge is 0.332 e. The number of rotatable bonds is 5. The number of anilines is 3. The molecule has 0 saturated carbocycles. The molecule has 1 aliphatic heterocycles. The normalized spacial score (nSPS) is 15.0. The Morgan fingerprint density at radius 1 is 1.19 bits per heavy atom. The molecule has 0 spiro atoms. The second-order valence-electron chi connectivity index (χ2n) is 9.12. The molecule has 3 heterocycles. The fraction of sp³-hybridized carbons (Fsp3) is 0.231. The fourth-order valence-corrected chi connectivity index (χ4v) is 5.10. The number of imidazole rings is 1. The topological polar surface area (TPSA) is 94.2 Å². The predicted octanol–water partition coefficient (Wildman–Crippen LogP) is 4.16. The summed E-state index contributed by atoms with van der Waals surface area (Å²) in [6.07, 6.45) is 1.21. The molecule has 0 fully saturated rings. The fourth-order valence-electron chi connectivity index (χ4n) is 4.63. The highest BCUT2D eigenvalue weighted by Crippen LogP contribution is 2.34. The van der Waals surface area contributed by atoms with Gasteiger partial charge in [-0.25, -0.2) is 4.79 Å². The Hall–Kier alpha value is -3.82. The van der Waals surface area contributed by atoms with E-state index in [0.29, 0.717) is 51.5 Å². The van der Waals surface area contributed by atoms with Crippen LogP contribution in [0.25, 0.3) is 11.2 Å². The van der Waals surface area contributed by atoms with Crippen molar-refractivity contribution in [1.29, 1.82) is 0 Å². The molecule has 1 unspecified atom stereocenters. The Bertz CT molecular complexity index is 1690. The zero-order chi connectivity index (χ0) is 26.4. The van der Waals surface area contributed by atoms with Crippen LogP contribution in [0.2, 0.25) is 10.0 Å². The van der Waals surface area contributed by atoms with Gasteiger partial charge >= 0.3 is 5.69 Å². The van der Waals surface area contributed by atoms with Gasteiger partial charge in [-0.3, -0.25) is 18.7 Å². The van der Waals surface area contributed by atoms with Crippen molar-refractivity contribution >= 4 is 57.6 Å². The third-order valence-electron chi connectivity index (χ3n) is 6.40. The van der Waals surface area contributed by atoms with Crippen LogP contribution >= 0.6 is 23.2 Å². The Balaban J connectivity index is 1.66. The van der Waals surface area contributed by atoms with E-state index in [9.17, 15) is 14.4 Å². The summed E-state index contributed by atoms with van der Waals surface area (Å²) in [5.74, 6) is 0.412. The van der Waals surface area contributed by atoms with Crippen LogP contribution in [0.1, 0.15) is 12.5 Å². The molecular formula is C26H24Cl2N6O3. The van der Waals surface area contributed by atoms with Crippen LogP contribution < -0.4 is 21.5 Å². The average molecular weight is 539 g/mol. The van der Waals surface area contributed by atoms with Gasteiger partial charge in [-0.2, -0.15) is 4.98 Å². The summed E-state index contributed by atoms with van der Waals surface area (Å²) in [6.45, 7) is 6.78. The molecule has 5 rings (SSSR count). The van der Waals surface area contributed by atoms with Crippen molar-refractivity contribution in [3.63, 3.8) is 0 Å². The number of fused-ring (bicyclic) bond motifs is 3. The van der Waals surface area contributed by atoms with Crippen LogP contribution in [0.4, 0.5) is 17.3 Å². The number of aromatic nitrogens is 4. The maximum absolute atomic E-state index is 13.7. The smallest absolute Gasteiger partial charge is 0.322 e. The number of nitrogens with one attached hydrogen (secondary N) is 1. The molecule has 11 heteroatoms. The number of hydrogen-bond donors (Lipinski definition) is 1. The van der Waals surface area contributed by atoms with Crippen molar-refractivity contribution in [2.45, 2.75) is 20.0 Å². The van der Waals surface area contributed by atoms with Crippen molar-refractivity contribution in [2.24, 2.45) is 13.0 Å². The standard InChI is InChI=1S/C26H24Cl2N6O3/c1-4-21(35)29-18-6-5-7-19(11-18)32-12-15(2)13-33-22-23(30-25(32)33)31(3)26(37)34(24(22)36)14-16-8-9-17(27)10-20(16)28/h4-11,15H,1,12-14H2,2-3H3,(H,29,35). The Morgan fingerprint density at radius 2 is 1.97 bits per heavy atom. The van der Waals surface area contributed by atoms with Gasteiger partial charge in [0.2, 0.25) is 11.9 Å². The van der Waals surface area contributed by atoms with Gasteiger partial charge in [0.15, 0.2) is 11.2 Å². The second kappa shape index (κ2) is 9.57. The summed E-state index contributed by atoms with van der Waals surface area (Å²) in [6, 6.07) is 12.3. The first-order valence-electron chi connectivity index (χ1n) is 11.6. The molecule has 37 heavy (non-hydrogen) atoms. The van der Waals surface area contributed by atoms with Crippen LogP contribution in [-0.2, 0) is 24.9 Å². The Morgan fingerprint density at radius 3 is 2.70 bits per heavy atom. The molecule has 0 aliphatic carbocycles. The Kier molecular flexibility index (Phi) is 6.43. The van der Waals surface area contributed by atoms with E-state index in [1.807, 2.05) is 27.7 Å². The van der Waals surface area contributed by atoms with Crippen LogP contribution in [0, 0.1) is 5.92 Å². The van der Waals surface area contributed by atoms with E-state index in [4.69, 9.17) is 28.2 Å². The molecule has 4 aromatic rings. The van der Waals surface area contributed by atoms with Crippen LogP contribution in [0.5, 0.6) is 0 Å². The van der Waals surface area contributed by atoms with Gasteiger partial charge in [-0.15, -0.1) is 0 Å². The van der Waals surface area contributed by atoms with Gasteiger partial charge in [0.25, 0.3) is 5.56 Å². The molecule has 190 valence electrons. The molecule has 1 aliphatic rings. The van der Waals surface area contributed by atoms with Crippen LogP contribution in [0.15, 0.2) is 64.7 Å². The zero-order valence-corrected chi connectivity index (χ0v) is 21.8. The molecule has 1 atom stereocenters. The number of aryl methyl sites for hydroxylation is 1. The highest BCUT2D eigenvalue weighted by molar-refractivity contribution is 6.35. The molecule has 0 saturated heterocycles. The summed E-state index contributed by atoms with van der Waals surface area (Å²) in [4.78, 5) is 45.5. The number of amides is 1. The number of carbonyl (C=O) groups excluding carboxylic acids is 1. The minimum Gasteiger partial charge on any atom is -0.322 e. The molecule has 0 radical (unpaired) electrons. The number of hydrogen-bond acceptors (Lipinski definition) is 5. The third-order valence-corrected chi connectivity index (χ3v) is 6.98. The summed E-state index contributed by atoms with van der Waals surface area (Å²) >= 11 is 12.3. The molecular weight excluding hydrogens is 515 g/mol. The van der Waals surface area contributed by atoms with Gasteiger partial charge in [0, 0.05) is 41.6 Å². The van der Waals surface area contributed by atoms with E-state index in [-0.39, 0.29) is 18.4 Å². The minimum atomic E-state index is -0.493. The second-order valence-corrected chi connectivity index (χ2v) is 9.97. The van der Waals surface area contributed by atoms with E-state index >= 15 is 0 Å². The van der Waals surface area contributed by atoms with E-state index < -0.39 is 11.2 Å². The van der Waals surface area contributed by atoms with E-state index in [2.05, 4.69) is 18.8 Å².